The smallest absolute Gasteiger partial charge is 0.253 e. The van der Waals surface area contributed by atoms with Crippen molar-refractivity contribution in [1.29, 1.82) is 0 Å². The molecule has 2 heterocycles. The van der Waals surface area contributed by atoms with Gasteiger partial charge in [-0.1, -0.05) is 11.6 Å². The third-order valence-corrected chi connectivity index (χ3v) is 4.16. The fourth-order valence-electron chi connectivity index (χ4n) is 1.66. The Labute approximate surface area is 126 Å². The van der Waals surface area contributed by atoms with E-state index in [1.807, 2.05) is 19.2 Å². The third kappa shape index (κ3) is 3.26. The fraction of sp³-hybridized carbons (Fsp3) is 0.308. The van der Waals surface area contributed by atoms with Gasteiger partial charge in [0.1, 0.15) is 10.8 Å². The lowest BCUT2D eigenvalue weighted by Gasteiger charge is -2.12. The number of aryl methyl sites for hydroxylation is 1. The molecule has 20 heavy (non-hydrogen) atoms. The Morgan fingerprint density at radius 3 is 2.85 bits per heavy atom. The Hall–Kier alpha value is -1.66. The van der Waals surface area contributed by atoms with Crippen molar-refractivity contribution in [1.82, 2.24) is 15.3 Å². The van der Waals surface area contributed by atoms with Crippen molar-refractivity contribution in [3.05, 3.63) is 38.9 Å². The molecule has 0 aromatic carbocycles. The van der Waals surface area contributed by atoms with E-state index in [2.05, 4.69) is 20.6 Å². The molecule has 0 spiro atoms. The van der Waals surface area contributed by atoms with Gasteiger partial charge in [0.2, 0.25) is 0 Å². The summed E-state index contributed by atoms with van der Waals surface area (Å²) in [5.41, 5.74) is 1.34. The van der Waals surface area contributed by atoms with Gasteiger partial charge in [0.25, 0.3) is 5.91 Å². The standard InChI is InChI=1S/C13H15ClN4OS/c1-7-6-20-13(17-7)8(2)18-12(19)9-4-11(15-3)16-5-10(9)14/h4-6,8H,1-3H3,(H,15,16)(H,18,19). The quantitative estimate of drug-likeness (QED) is 0.911. The maximum Gasteiger partial charge on any atom is 0.253 e. The van der Waals surface area contributed by atoms with E-state index in [1.54, 1.807) is 13.1 Å². The number of nitrogens with zero attached hydrogens (tertiary/aromatic N) is 2. The van der Waals surface area contributed by atoms with Crippen molar-refractivity contribution in [2.45, 2.75) is 19.9 Å². The minimum Gasteiger partial charge on any atom is -0.373 e. The fourth-order valence-corrected chi connectivity index (χ4v) is 2.65. The van der Waals surface area contributed by atoms with E-state index in [0.717, 1.165) is 10.7 Å². The molecule has 1 unspecified atom stereocenters. The summed E-state index contributed by atoms with van der Waals surface area (Å²) in [5, 5.41) is 8.91. The monoisotopic (exact) mass is 310 g/mol. The Morgan fingerprint density at radius 2 is 2.25 bits per heavy atom. The lowest BCUT2D eigenvalue weighted by Crippen LogP contribution is -2.27. The van der Waals surface area contributed by atoms with Crippen LogP contribution in [0.5, 0.6) is 0 Å². The summed E-state index contributed by atoms with van der Waals surface area (Å²) in [6, 6.07) is 1.46. The Kier molecular flexibility index (Phi) is 4.57. The molecule has 2 aromatic rings. The first kappa shape index (κ1) is 14.7. The normalized spacial score (nSPS) is 12.0. The molecule has 0 fully saturated rings. The van der Waals surface area contributed by atoms with E-state index in [-0.39, 0.29) is 11.9 Å². The second kappa shape index (κ2) is 6.19. The highest BCUT2D eigenvalue weighted by Crippen LogP contribution is 2.21. The van der Waals surface area contributed by atoms with Crippen molar-refractivity contribution >= 4 is 34.7 Å². The lowest BCUT2D eigenvalue weighted by molar-refractivity contribution is 0.0940. The molecule has 5 nitrogen and oxygen atoms in total. The number of hydrogen-bond donors (Lipinski definition) is 2. The molecule has 2 aromatic heterocycles. The number of carbonyl (C=O) groups is 1. The number of carbonyl (C=O) groups excluding carboxylic acids is 1. The zero-order valence-electron chi connectivity index (χ0n) is 11.4. The minimum atomic E-state index is -0.241. The molecule has 2 N–H and O–H groups in total. The molecule has 0 aliphatic rings. The number of hydrogen-bond acceptors (Lipinski definition) is 5. The van der Waals surface area contributed by atoms with Gasteiger partial charge >= 0.3 is 0 Å². The zero-order valence-corrected chi connectivity index (χ0v) is 13.0. The van der Waals surface area contributed by atoms with Crippen LogP contribution in [0.1, 0.15) is 34.0 Å². The molecular weight excluding hydrogens is 296 g/mol. The van der Waals surface area contributed by atoms with Crippen LogP contribution >= 0.6 is 22.9 Å². The molecule has 1 atom stereocenters. The maximum atomic E-state index is 12.2. The highest BCUT2D eigenvalue weighted by molar-refractivity contribution is 7.09. The number of pyridine rings is 1. The third-order valence-electron chi connectivity index (χ3n) is 2.71. The molecule has 2 rings (SSSR count). The molecule has 0 saturated carbocycles. The first-order valence-corrected chi connectivity index (χ1v) is 7.33. The van der Waals surface area contributed by atoms with E-state index in [4.69, 9.17) is 11.6 Å². The van der Waals surface area contributed by atoms with Crippen LogP contribution < -0.4 is 10.6 Å². The molecule has 0 aliphatic heterocycles. The van der Waals surface area contributed by atoms with Crippen molar-refractivity contribution in [3.63, 3.8) is 0 Å². The SMILES string of the molecule is CNc1cc(C(=O)NC(C)c2nc(C)cs2)c(Cl)cn1. The molecule has 106 valence electrons. The summed E-state index contributed by atoms with van der Waals surface area (Å²) < 4.78 is 0. The first-order valence-electron chi connectivity index (χ1n) is 6.07. The van der Waals surface area contributed by atoms with Crippen LogP contribution in [0.25, 0.3) is 0 Å². The van der Waals surface area contributed by atoms with E-state index in [9.17, 15) is 4.79 Å². The average Bonchev–Trinajstić information content (AvgIpc) is 2.86. The van der Waals surface area contributed by atoms with Gasteiger partial charge in [0, 0.05) is 24.3 Å². The summed E-state index contributed by atoms with van der Waals surface area (Å²) in [6.07, 6.45) is 1.46. The van der Waals surface area contributed by atoms with Crippen LogP contribution in [0.2, 0.25) is 5.02 Å². The number of thiazole rings is 1. The van der Waals surface area contributed by atoms with Crippen LogP contribution in [0.3, 0.4) is 0 Å². The zero-order chi connectivity index (χ0) is 14.7. The number of halogens is 1. The summed E-state index contributed by atoms with van der Waals surface area (Å²) >= 11 is 7.54. The summed E-state index contributed by atoms with van der Waals surface area (Å²) in [6.45, 7) is 3.82. The topological polar surface area (TPSA) is 66.9 Å². The van der Waals surface area contributed by atoms with E-state index in [0.29, 0.717) is 16.4 Å². The van der Waals surface area contributed by atoms with Crippen LogP contribution in [-0.2, 0) is 0 Å². The van der Waals surface area contributed by atoms with Crippen LogP contribution in [-0.4, -0.2) is 22.9 Å². The summed E-state index contributed by atoms with van der Waals surface area (Å²) in [5.74, 6) is 0.353. The first-order chi connectivity index (χ1) is 9.51. The van der Waals surface area contributed by atoms with Crippen LogP contribution in [0.4, 0.5) is 5.82 Å². The van der Waals surface area contributed by atoms with Gasteiger partial charge < -0.3 is 10.6 Å². The number of rotatable bonds is 4. The second-order valence-electron chi connectivity index (χ2n) is 4.32. The highest BCUT2D eigenvalue weighted by Gasteiger charge is 2.17. The molecule has 0 bridgehead atoms. The minimum absolute atomic E-state index is 0.163. The van der Waals surface area contributed by atoms with Gasteiger partial charge in [0.15, 0.2) is 0 Å². The predicted molar refractivity (Wildman–Crippen MR) is 81.5 cm³/mol. The Balaban J connectivity index is 2.15. The summed E-state index contributed by atoms with van der Waals surface area (Å²) in [4.78, 5) is 20.7. The van der Waals surface area contributed by atoms with Crippen molar-refractivity contribution < 1.29 is 4.79 Å². The van der Waals surface area contributed by atoms with E-state index in [1.165, 1.54) is 17.5 Å². The molecule has 0 aliphatic carbocycles. The molecular formula is C13H15ClN4OS. The van der Waals surface area contributed by atoms with Gasteiger partial charge in [-0.05, 0) is 19.9 Å². The lowest BCUT2D eigenvalue weighted by atomic mass is 10.2. The average molecular weight is 311 g/mol. The maximum absolute atomic E-state index is 12.2. The molecule has 1 amide bonds. The molecule has 0 radical (unpaired) electrons. The largest absolute Gasteiger partial charge is 0.373 e. The number of anilines is 1. The Morgan fingerprint density at radius 1 is 1.50 bits per heavy atom. The van der Waals surface area contributed by atoms with Crippen molar-refractivity contribution in [2.75, 3.05) is 12.4 Å². The number of aromatic nitrogens is 2. The predicted octanol–water partition coefficient (Wildman–Crippen LogP) is 3.03. The molecule has 7 heteroatoms. The Bertz CT molecular complexity index is 629. The van der Waals surface area contributed by atoms with E-state index < -0.39 is 0 Å². The number of nitrogens with one attached hydrogen (secondary N) is 2. The van der Waals surface area contributed by atoms with Gasteiger partial charge in [0.05, 0.1) is 16.6 Å². The van der Waals surface area contributed by atoms with E-state index >= 15 is 0 Å². The highest BCUT2D eigenvalue weighted by atomic mass is 35.5. The summed E-state index contributed by atoms with van der Waals surface area (Å²) in [7, 11) is 1.74. The van der Waals surface area contributed by atoms with Gasteiger partial charge in [-0.15, -0.1) is 11.3 Å². The van der Waals surface area contributed by atoms with Crippen molar-refractivity contribution in [2.24, 2.45) is 0 Å². The van der Waals surface area contributed by atoms with Crippen LogP contribution in [0.15, 0.2) is 17.6 Å². The number of amides is 1. The van der Waals surface area contributed by atoms with Gasteiger partial charge in [-0.3, -0.25) is 4.79 Å². The molecule has 0 saturated heterocycles. The van der Waals surface area contributed by atoms with Gasteiger partial charge in [-0.2, -0.15) is 0 Å². The van der Waals surface area contributed by atoms with Crippen LogP contribution in [0, 0.1) is 6.92 Å². The van der Waals surface area contributed by atoms with Crippen molar-refractivity contribution in [3.8, 4) is 0 Å². The van der Waals surface area contributed by atoms with Gasteiger partial charge in [-0.25, -0.2) is 9.97 Å². The second-order valence-corrected chi connectivity index (χ2v) is 5.62.